The third-order valence-corrected chi connectivity index (χ3v) is 7.55. The highest BCUT2D eigenvalue weighted by atomic mass is 14.1. The van der Waals surface area contributed by atoms with E-state index in [0.29, 0.717) is 0 Å². The Bertz CT molecular complexity index is 312. The van der Waals surface area contributed by atoms with E-state index in [0.717, 1.165) is 11.6 Å². The summed E-state index contributed by atoms with van der Waals surface area (Å²) in [5.41, 5.74) is 0. The Balaban J connectivity index is 2.42. The molecule has 0 saturated heterocycles. The van der Waals surface area contributed by atoms with Crippen molar-refractivity contribution in [3.8, 4) is 0 Å². The first kappa shape index (κ1) is 28.1. The van der Waals surface area contributed by atoms with E-state index in [-0.39, 0.29) is 0 Å². The molecule has 0 aromatic carbocycles. The SMILES string of the molecule is CCCCCCCCC([B]C1CCCCCCCCCCCC1)CCCCCCC. The molecule has 1 aliphatic carbocycles. The van der Waals surface area contributed by atoms with Crippen LogP contribution in [0.3, 0.4) is 0 Å². The van der Waals surface area contributed by atoms with Crippen LogP contribution < -0.4 is 0 Å². The van der Waals surface area contributed by atoms with Gasteiger partial charge in [0.15, 0.2) is 0 Å². The smallest absolute Gasteiger partial charge is 0.0686 e. The Kier molecular flexibility index (Phi) is 20.9. The van der Waals surface area contributed by atoms with Gasteiger partial charge in [0.2, 0.25) is 0 Å². The van der Waals surface area contributed by atoms with Gasteiger partial charge in [0.05, 0.1) is 0 Å². The Morgan fingerprint density at radius 2 is 0.867 bits per heavy atom. The number of hydrogen-bond acceptors (Lipinski definition) is 0. The van der Waals surface area contributed by atoms with E-state index in [1.807, 2.05) is 0 Å². The van der Waals surface area contributed by atoms with Gasteiger partial charge in [0, 0.05) is 0 Å². The molecular weight excluding hydrogens is 359 g/mol. The van der Waals surface area contributed by atoms with Gasteiger partial charge >= 0.3 is 0 Å². The second-order valence-electron chi connectivity index (χ2n) is 10.6. The first-order chi connectivity index (χ1) is 14.9. The van der Waals surface area contributed by atoms with Crippen molar-refractivity contribution in [2.45, 2.75) is 186 Å². The molecule has 177 valence electrons. The van der Waals surface area contributed by atoms with Gasteiger partial charge in [-0.05, 0) is 0 Å². The highest BCUT2D eigenvalue weighted by molar-refractivity contribution is 6.39. The van der Waals surface area contributed by atoms with Gasteiger partial charge in [-0.1, -0.05) is 186 Å². The van der Waals surface area contributed by atoms with Crippen molar-refractivity contribution in [1.82, 2.24) is 0 Å². The van der Waals surface area contributed by atoms with Crippen molar-refractivity contribution < 1.29 is 0 Å². The summed E-state index contributed by atoms with van der Waals surface area (Å²) in [4.78, 5) is 0. The molecule has 1 fully saturated rings. The first-order valence-corrected chi connectivity index (χ1v) is 14.7. The highest BCUT2D eigenvalue weighted by Gasteiger charge is 2.18. The minimum atomic E-state index is 0.915. The van der Waals surface area contributed by atoms with Crippen molar-refractivity contribution in [3.05, 3.63) is 0 Å². The van der Waals surface area contributed by atoms with E-state index >= 15 is 0 Å². The summed E-state index contributed by atoms with van der Waals surface area (Å²) < 4.78 is 0. The molecule has 0 aromatic heterocycles. The molecule has 30 heavy (non-hydrogen) atoms. The maximum atomic E-state index is 2.89. The second kappa shape index (κ2) is 22.3. The zero-order valence-electron chi connectivity index (χ0n) is 21.4. The highest BCUT2D eigenvalue weighted by Crippen LogP contribution is 2.32. The topological polar surface area (TPSA) is 0 Å². The predicted molar refractivity (Wildman–Crippen MR) is 140 cm³/mol. The third-order valence-electron chi connectivity index (χ3n) is 7.55. The largest absolute Gasteiger partial charge is 0.117 e. The van der Waals surface area contributed by atoms with Crippen LogP contribution in [0.1, 0.15) is 174 Å². The molecule has 1 unspecified atom stereocenters. The molecular formula is C29H58B. The molecule has 0 heterocycles. The van der Waals surface area contributed by atoms with Crippen LogP contribution >= 0.6 is 0 Å². The minimum Gasteiger partial charge on any atom is -0.0686 e. The van der Waals surface area contributed by atoms with Crippen LogP contribution in [0.2, 0.25) is 11.6 Å². The standard InChI is InChI=1S/C29H58B/c1-3-5-7-9-17-21-25-28(24-20-16-8-6-4-2)30-29-26-22-18-14-12-10-11-13-15-19-23-27-29/h28-29H,3-27H2,1-2H3. The van der Waals surface area contributed by atoms with Crippen molar-refractivity contribution in [2.75, 3.05) is 0 Å². The van der Waals surface area contributed by atoms with Crippen molar-refractivity contribution in [2.24, 2.45) is 0 Å². The summed E-state index contributed by atoms with van der Waals surface area (Å²) in [7, 11) is 2.89. The average molecular weight is 418 g/mol. The monoisotopic (exact) mass is 417 g/mol. The zero-order chi connectivity index (χ0) is 21.5. The summed E-state index contributed by atoms with van der Waals surface area (Å²) in [6.07, 6.45) is 36.8. The van der Waals surface area contributed by atoms with E-state index in [2.05, 4.69) is 21.1 Å². The van der Waals surface area contributed by atoms with E-state index in [1.54, 1.807) is 0 Å². The zero-order valence-corrected chi connectivity index (χ0v) is 21.4. The molecule has 1 aliphatic rings. The number of unbranched alkanes of at least 4 members (excludes halogenated alkanes) is 9. The lowest BCUT2D eigenvalue weighted by Crippen LogP contribution is -2.12. The molecule has 1 atom stereocenters. The summed E-state index contributed by atoms with van der Waals surface area (Å²) in [6, 6.07) is 0. The molecule has 0 nitrogen and oxygen atoms in total. The van der Waals surface area contributed by atoms with Crippen LogP contribution in [-0.4, -0.2) is 7.28 Å². The normalized spacial score (nSPS) is 18.9. The Morgan fingerprint density at radius 3 is 1.30 bits per heavy atom. The lowest BCUT2D eigenvalue weighted by atomic mass is 9.50. The van der Waals surface area contributed by atoms with Gasteiger partial charge in [-0.15, -0.1) is 0 Å². The lowest BCUT2D eigenvalue weighted by Gasteiger charge is -2.23. The maximum absolute atomic E-state index is 2.89. The van der Waals surface area contributed by atoms with Gasteiger partial charge < -0.3 is 0 Å². The Morgan fingerprint density at radius 1 is 0.500 bits per heavy atom. The lowest BCUT2D eigenvalue weighted by molar-refractivity contribution is 0.518. The minimum absolute atomic E-state index is 0.915. The van der Waals surface area contributed by atoms with Gasteiger partial charge in [0.25, 0.3) is 0 Å². The van der Waals surface area contributed by atoms with Gasteiger partial charge in [-0.25, -0.2) is 0 Å². The van der Waals surface area contributed by atoms with E-state index in [4.69, 9.17) is 0 Å². The fourth-order valence-electron chi connectivity index (χ4n) is 5.48. The van der Waals surface area contributed by atoms with Crippen LogP contribution in [0.5, 0.6) is 0 Å². The first-order valence-electron chi connectivity index (χ1n) is 14.7. The van der Waals surface area contributed by atoms with Crippen LogP contribution in [0.15, 0.2) is 0 Å². The van der Waals surface area contributed by atoms with Crippen LogP contribution in [0.25, 0.3) is 0 Å². The fourth-order valence-corrected chi connectivity index (χ4v) is 5.48. The van der Waals surface area contributed by atoms with E-state index < -0.39 is 0 Å². The molecule has 0 bridgehead atoms. The van der Waals surface area contributed by atoms with Crippen molar-refractivity contribution in [3.63, 3.8) is 0 Å². The second-order valence-corrected chi connectivity index (χ2v) is 10.6. The Labute approximate surface area is 193 Å². The predicted octanol–water partition coefficient (Wildman–Crippen LogP) is 11.1. The molecule has 1 heteroatoms. The van der Waals surface area contributed by atoms with Crippen LogP contribution in [-0.2, 0) is 0 Å². The number of rotatable bonds is 15. The van der Waals surface area contributed by atoms with Crippen molar-refractivity contribution >= 4 is 7.28 Å². The molecule has 1 rings (SSSR count). The quantitative estimate of drug-likeness (QED) is 0.183. The third kappa shape index (κ3) is 17.7. The fraction of sp³-hybridized carbons (Fsp3) is 1.00. The Hall–Kier alpha value is 0.0649. The van der Waals surface area contributed by atoms with E-state index in [1.165, 1.54) is 161 Å². The summed E-state index contributed by atoms with van der Waals surface area (Å²) >= 11 is 0. The van der Waals surface area contributed by atoms with Crippen molar-refractivity contribution in [1.29, 1.82) is 0 Å². The average Bonchev–Trinajstić information content (AvgIpc) is 2.78. The molecule has 0 spiro atoms. The molecule has 1 radical (unpaired) electrons. The van der Waals surface area contributed by atoms with E-state index in [9.17, 15) is 0 Å². The molecule has 0 aliphatic heterocycles. The van der Waals surface area contributed by atoms with Gasteiger partial charge in [-0.2, -0.15) is 0 Å². The van der Waals surface area contributed by atoms with Gasteiger partial charge in [0.1, 0.15) is 7.28 Å². The van der Waals surface area contributed by atoms with Crippen LogP contribution in [0, 0.1) is 0 Å². The molecule has 1 saturated carbocycles. The summed E-state index contributed by atoms with van der Waals surface area (Å²) in [5, 5.41) is 0. The maximum Gasteiger partial charge on any atom is 0.117 e. The summed E-state index contributed by atoms with van der Waals surface area (Å²) in [5.74, 6) is 1.84. The molecule has 0 aromatic rings. The summed E-state index contributed by atoms with van der Waals surface area (Å²) in [6.45, 7) is 4.66. The molecule has 0 N–H and O–H groups in total. The number of hydrogen-bond donors (Lipinski definition) is 0. The van der Waals surface area contributed by atoms with Gasteiger partial charge in [-0.3, -0.25) is 0 Å². The van der Waals surface area contributed by atoms with Crippen LogP contribution in [0.4, 0.5) is 0 Å². The molecule has 0 amide bonds.